The SMILES string of the molecule is Cl.NN.NN.NN.NN.NN. The maximum Gasteiger partial charge on any atom is -0.147 e. The number of halogens is 1. The summed E-state index contributed by atoms with van der Waals surface area (Å²) < 4.78 is 0. The standard InChI is InChI=1S/ClH.5H4N2/c;5*1-2/h1H;5*1-2H2. The lowest BCUT2D eigenvalue weighted by atomic mass is 13.0. The Morgan fingerprint density at radius 1 is 0.273 bits per heavy atom. The first-order valence-electron chi connectivity index (χ1n) is 1.67. The van der Waals surface area contributed by atoms with Crippen LogP contribution in [0, 0.1) is 0 Å². The van der Waals surface area contributed by atoms with Crippen LogP contribution < -0.4 is 58.4 Å². The van der Waals surface area contributed by atoms with Crippen LogP contribution in [0.5, 0.6) is 0 Å². The minimum Gasteiger partial charge on any atom is -0.274 e. The molecule has 0 aromatic rings. The molecule has 0 fully saturated rings. The zero-order chi connectivity index (χ0) is 10.0. The van der Waals surface area contributed by atoms with E-state index in [0.717, 1.165) is 0 Å². The van der Waals surface area contributed by atoms with E-state index in [1.165, 1.54) is 0 Å². The Labute approximate surface area is 71.8 Å². The Bertz CT molecular complexity index is 4.83. The van der Waals surface area contributed by atoms with Crippen LogP contribution in [0.3, 0.4) is 0 Å². The number of nitrogens with two attached hydrogens (primary N) is 10. The predicted molar refractivity (Wildman–Crippen MR) is 49.1 cm³/mol. The van der Waals surface area contributed by atoms with Gasteiger partial charge in [-0.15, -0.1) is 12.4 Å². The molecule has 0 saturated heterocycles. The maximum atomic E-state index is 4.00. The minimum atomic E-state index is 0. The Kier molecular flexibility index (Phi) is 262000. The summed E-state index contributed by atoms with van der Waals surface area (Å²) in [6.07, 6.45) is 0. The van der Waals surface area contributed by atoms with Crippen LogP contribution >= 0.6 is 12.4 Å². The van der Waals surface area contributed by atoms with Gasteiger partial charge < -0.3 is 0 Å². The minimum absolute atomic E-state index is 0. The van der Waals surface area contributed by atoms with Crippen LogP contribution in [0.1, 0.15) is 0 Å². The van der Waals surface area contributed by atoms with Crippen molar-refractivity contribution in [3.05, 3.63) is 0 Å². The Morgan fingerprint density at radius 3 is 0.273 bits per heavy atom. The third-order valence-electron chi connectivity index (χ3n) is 0. The molecule has 0 spiro atoms. The predicted octanol–water partition coefficient (Wildman–Crippen LogP) is -5.48. The van der Waals surface area contributed by atoms with Crippen LogP contribution in [-0.4, -0.2) is 0 Å². The van der Waals surface area contributed by atoms with Gasteiger partial charge in [0.25, 0.3) is 0 Å². The Hall–Kier alpha value is -0.110. The number of hydrogen-bond acceptors (Lipinski definition) is 10. The lowest BCUT2D eigenvalue weighted by Gasteiger charge is -1.27. The van der Waals surface area contributed by atoms with E-state index in [2.05, 4.69) is 58.4 Å². The molecule has 11 heavy (non-hydrogen) atoms. The average Bonchev–Trinajstić information content (AvgIpc) is 2.20. The van der Waals surface area contributed by atoms with Crippen molar-refractivity contribution in [1.29, 1.82) is 0 Å². The summed E-state index contributed by atoms with van der Waals surface area (Å²) in [5.74, 6) is 40.0. The Balaban J connectivity index is -0.00000000694. The summed E-state index contributed by atoms with van der Waals surface area (Å²) in [6, 6.07) is 0. The van der Waals surface area contributed by atoms with Crippen molar-refractivity contribution >= 4 is 12.4 Å². The molecule has 0 heterocycles. The molecular formula is H21ClN10. The highest BCUT2D eigenvalue weighted by molar-refractivity contribution is 5.85. The van der Waals surface area contributed by atoms with Gasteiger partial charge in [0.2, 0.25) is 0 Å². The number of rotatable bonds is 0. The highest BCUT2D eigenvalue weighted by atomic mass is 35.5. The number of hydrazine groups is 5. The van der Waals surface area contributed by atoms with Crippen molar-refractivity contribution < 1.29 is 0 Å². The molecule has 0 amide bonds. The summed E-state index contributed by atoms with van der Waals surface area (Å²) in [5.41, 5.74) is 0. The molecule has 0 unspecified atom stereocenters. The summed E-state index contributed by atoms with van der Waals surface area (Å²) in [4.78, 5) is 0. The average molecular weight is 197 g/mol. The van der Waals surface area contributed by atoms with Crippen LogP contribution in [0.25, 0.3) is 0 Å². The third-order valence-corrected chi connectivity index (χ3v) is 0. The highest BCUT2D eigenvalue weighted by Gasteiger charge is 0.734. The van der Waals surface area contributed by atoms with E-state index in [0.29, 0.717) is 0 Å². The first kappa shape index (κ1) is 44.5. The molecule has 0 saturated carbocycles. The van der Waals surface area contributed by atoms with Crippen LogP contribution in [0.2, 0.25) is 0 Å². The van der Waals surface area contributed by atoms with E-state index in [9.17, 15) is 0 Å². The first-order chi connectivity index (χ1) is 5.00. The van der Waals surface area contributed by atoms with Gasteiger partial charge in [-0.1, -0.05) is 0 Å². The molecule has 0 aliphatic rings. The molecule has 0 bridgehead atoms. The second kappa shape index (κ2) is 64600. The molecule has 11 heteroatoms. The molecular weight excluding hydrogens is 176 g/mol. The fraction of sp³-hybridized carbons (Fsp3) is 0. The van der Waals surface area contributed by atoms with Gasteiger partial charge >= 0.3 is 0 Å². The second-order valence-corrected chi connectivity index (χ2v) is 0. The maximum absolute atomic E-state index is 4.00. The molecule has 20 N–H and O–H groups in total. The van der Waals surface area contributed by atoms with Gasteiger partial charge in [-0.25, -0.2) is 0 Å². The zero-order valence-corrected chi connectivity index (χ0v) is 7.00. The van der Waals surface area contributed by atoms with Gasteiger partial charge in [0, 0.05) is 0 Å². The first-order valence-corrected chi connectivity index (χ1v) is 1.67. The fourth-order valence-corrected chi connectivity index (χ4v) is 0. The van der Waals surface area contributed by atoms with Gasteiger partial charge in [-0.2, -0.15) is 0 Å². The van der Waals surface area contributed by atoms with E-state index in [1.54, 1.807) is 0 Å². The monoisotopic (exact) mass is 196 g/mol. The lowest BCUT2D eigenvalue weighted by molar-refractivity contribution is 1.26. The molecule has 0 atom stereocenters. The topological polar surface area (TPSA) is 260 Å². The van der Waals surface area contributed by atoms with Crippen LogP contribution in [0.4, 0.5) is 0 Å². The molecule has 10 nitrogen and oxygen atoms in total. The summed E-state index contributed by atoms with van der Waals surface area (Å²) in [6.45, 7) is 0. The smallest absolute Gasteiger partial charge is 0.147 e. The molecule has 0 aliphatic heterocycles. The largest absolute Gasteiger partial charge is 0.274 e. The van der Waals surface area contributed by atoms with Crippen molar-refractivity contribution in [2.45, 2.75) is 0 Å². The molecule has 0 rings (SSSR count). The van der Waals surface area contributed by atoms with Gasteiger partial charge in [0.15, 0.2) is 0 Å². The normalized spacial score (nSPS) is 2.73. The molecule has 0 radical (unpaired) electrons. The van der Waals surface area contributed by atoms with Gasteiger partial charge in [-0.3, -0.25) is 58.4 Å². The van der Waals surface area contributed by atoms with Crippen molar-refractivity contribution in [3.63, 3.8) is 0 Å². The van der Waals surface area contributed by atoms with E-state index < -0.39 is 0 Å². The fourth-order valence-electron chi connectivity index (χ4n) is 0. The third kappa shape index (κ3) is 50900. The lowest BCUT2D eigenvalue weighted by Crippen LogP contribution is -2.02. The summed E-state index contributed by atoms with van der Waals surface area (Å²) in [5, 5.41) is 0. The molecule has 78 valence electrons. The summed E-state index contributed by atoms with van der Waals surface area (Å²) in [7, 11) is 0. The van der Waals surface area contributed by atoms with Gasteiger partial charge in [0.1, 0.15) is 0 Å². The highest BCUT2D eigenvalue weighted by Crippen LogP contribution is 0.690. The van der Waals surface area contributed by atoms with Crippen LogP contribution in [-0.2, 0) is 0 Å². The van der Waals surface area contributed by atoms with Crippen molar-refractivity contribution in [2.75, 3.05) is 0 Å². The molecule has 0 aliphatic carbocycles. The molecule has 0 aromatic heterocycles. The van der Waals surface area contributed by atoms with Crippen molar-refractivity contribution in [3.8, 4) is 0 Å². The van der Waals surface area contributed by atoms with Crippen molar-refractivity contribution in [2.24, 2.45) is 58.4 Å². The van der Waals surface area contributed by atoms with Crippen LogP contribution in [0.15, 0.2) is 0 Å². The quantitative estimate of drug-likeness (QED) is 0.130. The van der Waals surface area contributed by atoms with Gasteiger partial charge in [0.05, 0.1) is 0 Å². The number of hydrogen-bond donors (Lipinski definition) is 10. The van der Waals surface area contributed by atoms with Crippen molar-refractivity contribution in [1.82, 2.24) is 0 Å². The summed E-state index contributed by atoms with van der Waals surface area (Å²) >= 11 is 0. The van der Waals surface area contributed by atoms with Gasteiger partial charge in [-0.05, 0) is 0 Å². The van der Waals surface area contributed by atoms with E-state index in [-0.39, 0.29) is 12.4 Å². The Morgan fingerprint density at radius 2 is 0.273 bits per heavy atom. The molecule has 0 aromatic carbocycles. The zero-order valence-electron chi connectivity index (χ0n) is 6.18. The van der Waals surface area contributed by atoms with E-state index >= 15 is 0 Å². The second-order valence-electron chi connectivity index (χ2n) is 0. The van der Waals surface area contributed by atoms with E-state index in [1.807, 2.05) is 0 Å². The van der Waals surface area contributed by atoms with E-state index in [4.69, 9.17) is 0 Å².